The van der Waals surface area contributed by atoms with Crippen molar-refractivity contribution in [3.05, 3.63) is 83.9 Å². The molecule has 1 saturated heterocycles. The van der Waals surface area contributed by atoms with Crippen molar-refractivity contribution in [2.75, 3.05) is 18.9 Å². The highest BCUT2D eigenvalue weighted by molar-refractivity contribution is 6.31. The first-order valence-corrected chi connectivity index (χ1v) is 10.4. The number of carbonyl (C=O) groups excluding carboxylic acids is 2. The molecule has 2 amide bonds. The molecule has 0 aliphatic carbocycles. The summed E-state index contributed by atoms with van der Waals surface area (Å²) in [5, 5.41) is 5.53. The predicted molar refractivity (Wildman–Crippen MR) is 119 cm³/mol. The Balaban J connectivity index is 1.43. The van der Waals surface area contributed by atoms with Crippen LogP contribution in [0, 0.1) is 0 Å². The van der Waals surface area contributed by atoms with E-state index in [2.05, 4.69) is 33.6 Å². The van der Waals surface area contributed by atoms with Gasteiger partial charge in [0.1, 0.15) is 5.82 Å². The van der Waals surface area contributed by atoms with Gasteiger partial charge in [-0.25, -0.2) is 4.98 Å². The second-order valence-corrected chi connectivity index (χ2v) is 7.92. The van der Waals surface area contributed by atoms with Gasteiger partial charge in [0, 0.05) is 47.6 Å². The van der Waals surface area contributed by atoms with Gasteiger partial charge in [-0.3, -0.25) is 19.8 Å². The molecule has 7 nitrogen and oxygen atoms in total. The van der Waals surface area contributed by atoms with Crippen molar-refractivity contribution < 1.29 is 9.59 Å². The highest BCUT2D eigenvalue weighted by Crippen LogP contribution is 2.30. The summed E-state index contributed by atoms with van der Waals surface area (Å²) in [5.74, 6) is -0.178. The van der Waals surface area contributed by atoms with Crippen molar-refractivity contribution in [2.24, 2.45) is 0 Å². The third kappa shape index (κ3) is 3.64. The lowest BCUT2D eigenvalue weighted by molar-refractivity contribution is -0.114. The summed E-state index contributed by atoms with van der Waals surface area (Å²) >= 11 is 0. The number of aromatic nitrogens is 2. The van der Waals surface area contributed by atoms with E-state index in [1.807, 2.05) is 53.5 Å². The molecule has 0 radical (unpaired) electrons. The van der Waals surface area contributed by atoms with Crippen LogP contribution < -0.4 is 10.6 Å². The van der Waals surface area contributed by atoms with Gasteiger partial charge in [-0.15, -0.1) is 0 Å². The minimum atomic E-state index is -0.432. The summed E-state index contributed by atoms with van der Waals surface area (Å²) < 4.78 is 1.93. The lowest BCUT2D eigenvalue weighted by Gasteiger charge is -2.20. The second-order valence-electron chi connectivity index (χ2n) is 7.92. The zero-order valence-electron chi connectivity index (χ0n) is 17.2. The molecule has 2 aromatic heterocycles. The molecule has 0 saturated carbocycles. The Morgan fingerprint density at radius 3 is 2.65 bits per heavy atom. The number of fused-ring (bicyclic) bond motifs is 1. The molecule has 4 heterocycles. The van der Waals surface area contributed by atoms with E-state index in [9.17, 15) is 9.59 Å². The highest BCUT2D eigenvalue weighted by Gasteiger charge is 2.28. The molecule has 2 aliphatic heterocycles. The van der Waals surface area contributed by atoms with Crippen LogP contribution in [0.15, 0.2) is 67.3 Å². The Morgan fingerprint density at radius 2 is 1.94 bits per heavy atom. The van der Waals surface area contributed by atoms with E-state index in [0.717, 1.165) is 18.7 Å². The maximum atomic E-state index is 12.6. The van der Waals surface area contributed by atoms with E-state index in [1.54, 1.807) is 12.3 Å². The molecule has 1 atom stereocenters. The van der Waals surface area contributed by atoms with Crippen LogP contribution in [0.5, 0.6) is 0 Å². The fourth-order valence-electron chi connectivity index (χ4n) is 4.29. The summed E-state index contributed by atoms with van der Waals surface area (Å²) in [7, 11) is 2.14. The predicted octanol–water partition coefficient (Wildman–Crippen LogP) is 3.36. The van der Waals surface area contributed by atoms with Crippen LogP contribution in [0.3, 0.4) is 0 Å². The molecule has 5 rings (SSSR count). The third-order valence-corrected chi connectivity index (χ3v) is 5.97. The summed E-state index contributed by atoms with van der Waals surface area (Å²) in [4.78, 5) is 31.7. The Morgan fingerprint density at radius 1 is 1.10 bits per heavy atom. The number of imide groups is 1. The van der Waals surface area contributed by atoms with Gasteiger partial charge in [0.25, 0.3) is 11.8 Å². The molecule has 3 aromatic rings. The van der Waals surface area contributed by atoms with Gasteiger partial charge in [-0.05, 0) is 68.4 Å². The maximum absolute atomic E-state index is 12.6. The van der Waals surface area contributed by atoms with Crippen molar-refractivity contribution in [2.45, 2.75) is 18.9 Å². The van der Waals surface area contributed by atoms with Crippen LogP contribution in [-0.2, 0) is 4.79 Å². The van der Waals surface area contributed by atoms with E-state index in [-0.39, 0.29) is 5.91 Å². The van der Waals surface area contributed by atoms with Crippen LogP contribution >= 0.6 is 0 Å². The lowest BCUT2D eigenvalue weighted by Crippen LogP contribution is -2.36. The highest BCUT2D eigenvalue weighted by atomic mass is 16.2. The molecule has 1 fully saturated rings. The zero-order chi connectivity index (χ0) is 21.4. The second kappa shape index (κ2) is 7.85. The van der Waals surface area contributed by atoms with Crippen molar-refractivity contribution in [3.63, 3.8) is 0 Å². The molecule has 1 aromatic carbocycles. The monoisotopic (exact) mass is 413 g/mol. The first-order chi connectivity index (χ1) is 15.1. The van der Waals surface area contributed by atoms with Crippen molar-refractivity contribution in [3.8, 4) is 5.69 Å². The minimum absolute atomic E-state index is 0.389. The van der Waals surface area contributed by atoms with Crippen LogP contribution in [0.2, 0.25) is 0 Å². The van der Waals surface area contributed by atoms with Crippen molar-refractivity contribution in [1.82, 2.24) is 19.8 Å². The molecule has 31 heavy (non-hydrogen) atoms. The van der Waals surface area contributed by atoms with Crippen molar-refractivity contribution in [1.29, 1.82) is 0 Å². The number of pyridine rings is 1. The number of nitrogens with zero attached hydrogens (tertiary/aromatic N) is 3. The Labute approximate surface area is 180 Å². The third-order valence-electron chi connectivity index (χ3n) is 5.97. The smallest absolute Gasteiger partial charge is 0.260 e. The first-order valence-electron chi connectivity index (χ1n) is 10.4. The van der Waals surface area contributed by atoms with E-state index in [1.165, 1.54) is 12.0 Å². The van der Waals surface area contributed by atoms with Crippen LogP contribution in [0.25, 0.3) is 11.3 Å². The number of nitrogens with one attached hydrogen (secondary N) is 2. The Hall–Kier alpha value is -3.71. The van der Waals surface area contributed by atoms with Gasteiger partial charge >= 0.3 is 0 Å². The first kappa shape index (κ1) is 19.3. The van der Waals surface area contributed by atoms with Crippen LogP contribution in [-0.4, -0.2) is 39.9 Å². The molecule has 156 valence electrons. The number of hydrogen-bond acceptors (Lipinski definition) is 5. The molecule has 1 unspecified atom stereocenters. The number of carbonyl (C=O) groups is 2. The van der Waals surface area contributed by atoms with E-state index in [0.29, 0.717) is 28.6 Å². The number of benzene rings is 1. The number of anilines is 1. The zero-order valence-corrected chi connectivity index (χ0v) is 17.2. The SMILES string of the molecule is CN1CCCC1c1ccc(N/C=C2\C(=O)NC(=O)c3ccc(-n4cccc4)cc32)nc1. The van der Waals surface area contributed by atoms with E-state index < -0.39 is 5.91 Å². The normalized spacial score (nSPS) is 20.0. The summed E-state index contributed by atoms with van der Waals surface area (Å²) in [6, 6.07) is 13.7. The van der Waals surface area contributed by atoms with E-state index >= 15 is 0 Å². The average Bonchev–Trinajstić information content (AvgIpc) is 3.46. The molecular weight excluding hydrogens is 390 g/mol. The number of likely N-dealkylation sites (tertiary alicyclic amines) is 1. The summed E-state index contributed by atoms with van der Waals surface area (Å²) in [5.41, 5.74) is 3.53. The van der Waals surface area contributed by atoms with Crippen molar-refractivity contribution >= 4 is 23.2 Å². The van der Waals surface area contributed by atoms with Crippen LogP contribution in [0.4, 0.5) is 5.82 Å². The fraction of sp³-hybridized carbons (Fsp3) is 0.208. The van der Waals surface area contributed by atoms with Gasteiger partial charge in [-0.1, -0.05) is 6.07 Å². The summed E-state index contributed by atoms with van der Waals surface area (Å²) in [6.45, 7) is 1.11. The molecule has 0 spiro atoms. The molecular formula is C24H23N5O2. The topological polar surface area (TPSA) is 79.3 Å². The number of hydrogen-bond donors (Lipinski definition) is 2. The van der Waals surface area contributed by atoms with E-state index in [4.69, 9.17) is 0 Å². The Kier molecular flexibility index (Phi) is 4.88. The quantitative estimate of drug-likeness (QED) is 0.507. The largest absolute Gasteiger partial charge is 0.346 e. The Bertz CT molecular complexity index is 1170. The molecule has 7 heteroatoms. The molecule has 2 N–H and O–H groups in total. The summed E-state index contributed by atoms with van der Waals surface area (Å²) in [6.07, 6.45) is 9.68. The van der Waals surface area contributed by atoms with Gasteiger partial charge < -0.3 is 9.88 Å². The fourth-order valence-corrected chi connectivity index (χ4v) is 4.29. The maximum Gasteiger partial charge on any atom is 0.260 e. The minimum Gasteiger partial charge on any atom is -0.346 e. The van der Waals surface area contributed by atoms with Gasteiger partial charge in [-0.2, -0.15) is 0 Å². The van der Waals surface area contributed by atoms with Gasteiger partial charge in [0.05, 0.1) is 5.57 Å². The number of amides is 2. The van der Waals surface area contributed by atoms with Gasteiger partial charge in [0.15, 0.2) is 0 Å². The average molecular weight is 413 g/mol. The lowest BCUT2D eigenvalue weighted by atomic mass is 9.95. The van der Waals surface area contributed by atoms with Gasteiger partial charge in [0.2, 0.25) is 0 Å². The molecule has 0 bridgehead atoms. The van der Waals surface area contributed by atoms with Crippen LogP contribution in [0.1, 0.15) is 40.4 Å². The molecule has 2 aliphatic rings. The standard InChI is InChI=1S/C24H23N5O2/c1-28-10-4-5-21(28)16-6-9-22(25-14-16)26-15-20-19-13-17(29-11-2-3-12-29)7-8-18(19)23(30)27-24(20)31/h2-3,6-9,11-15,21H,4-5,10H2,1H3,(H,25,26)(H,27,30,31)/b20-15-. The number of rotatable bonds is 4.